The first-order chi connectivity index (χ1) is 8.77. The predicted octanol–water partition coefficient (Wildman–Crippen LogP) is 1.34. The summed E-state index contributed by atoms with van der Waals surface area (Å²) >= 11 is 0. The molecule has 0 atom stereocenters. The van der Waals surface area contributed by atoms with Crippen LogP contribution in [-0.4, -0.2) is 25.7 Å². The normalized spacial score (nSPS) is 9.78. The van der Waals surface area contributed by atoms with Crippen molar-refractivity contribution < 1.29 is 14.3 Å². The van der Waals surface area contributed by atoms with E-state index >= 15 is 0 Å². The van der Waals surface area contributed by atoms with Crippen LogP contribution >= 0.6 is 0 Å². The van der Waals surface area contributed by atoms with Crippen molar-refractivity contribution >= 4 is 5.97 Å². The Morgan fingerprint density at radius 2 is 2.28 bits per heavy atom. The zero-order valence-electron chi connectivity index (χ0n) is 10.2. The van der Waals surface area contributed by atoms with E-state index in [1.807, 2.05) is 6.07 Å². The Kier molecular flexibility index (Phi) is 6.55. The molecule has 0 saturated carbocycles. The summed E-state index contributed by atoms with van der Waals surface area (Å²) in [4.78, 5) is 11.6. The molecule has 1 aromatic rings. The first-order valence-corrected chi connectivity index (χ1v) is 5.75. The third-order valence-electron chi connectivity index (χ3n) is 2.21. The van der Waals surface area contributed by atoms with Crippen molar-refractivity contribution in [3.63, 3.8) is 0 Å². The van der Waals surface area contributed by atoms with E-state index in [9.17, 15) is 4.79 Å². The summed E-state index contributed by atoms with van der Waals surface area (Å²) in [6.45, 7) is 1.66. The van der Waals surface area contributed by atoms with Gasteiger partial charge in [-0.3, -0.25) is 0 Å². The van der Waals surface area contributed by atoms with E-state index in [0.717, 1.165) is 12.0 Å². The van der Waals surface area contributed by atoms with Crippen molar-refractivity contribution in [2.24, 2.45) is 5.73 Å². The molecule has 18 heavy (non-hydrogen) atoms. The summed E-state index contributed by atoms with van der Waals surface area (Å²) < 4.78 is 10.3. The molecule has 96 valence electrons. The van der Waals surface area contributed by atoms with Gasteiger partial charge < -0.3 is 15.2 Å². The van der Waals surface area contributed by atoms with Gasteiger partial charge in [0.1, 0.15) is 0 Å². The monoisotopic (exact) mass is 247 g/mol. The number of hydrogen-bond acceptors (Lipinski definition) is 4. The predicted molar refractivity (Wildman–Crippen MR) is 68.9 cm³/mol. The standard InChI is InChI=1S/C14H17NO3/c1-2-8-18-14(16)13-6-3-5-12(10-13)11-17-9-4-7-15/h1,3,5-6,10H,4,7-9,11,15H2. The van der Waals surface area contributed by atoms with Crippen molar-refractivity contribution in [2.75, 3.05) is 19.8 Å². The highest BCUT2D eigenvalue weighted by atomic mass is 16.5. The van der Waals surface area contributed by atoms with Gasteiger partial charge in [-0.15, -0.1) is 6.42 Å². The lowest BCUT2D eigenvalue weighted by molar-refractivity contribution is 0.0556. The van der Waals surface area contributed by atoms with Gasteiger partial charge in [0, 0.05) is 6.61 Å². The maximum Gasteiger partial charge on any atom is 0.339 e. The topological polar surface area (TPSA) is 61.5 Å². The number of ether oxygens (including phenoxy) is 2. The van der Waals surface area contributed by atoms with Crippen LogP contribution in [0.3, 0.4) is 0 Å². The minimum Gasteiger partial charge on any atom is -0.449 e. The van der Waals surface area contributed by atoms with Crippen molar-refractivity contribution in [3.8, 4) is 12.3 Å². The van der Waals surface area contributed by atoms with Crippen LogP contribution in [-0.2, 0) is 16.1 Å². The molecule has 0 amide bonds. The zero-order valence-corrected chi connectivity index (χ0v) is 10.2. The number of nitrogens with two attached hydrogens (primary N) is 1. The molecule has 0 fully saturated rings. The number of esters is 1. The number of rotatable bonds is 7. The molecule has 4 nitrogen and oxygen atoms in total. The third kappa shape index (κ3) is 5.00. The molecule has 0 aromatic heterocycles. The number of benzene rings is 1. The third-order valence-corrected chi connectivity index (χ3v) is 2.21. The van der Waals surface area contributed by atoms with E-state index in [4.69, 9.17) is 21.6 Å². The SMILES string of the molecule is C#CCOC(=O)c1cccc(COCCCN)c1. The van der Waals surface area contributed by atoms with Gasteiger partial charge in [0.2, 0.25) is 0 Å². The van der Waals surface area contributed by atoms with Crippen LogP contribution < -0.4 is 5.73 Å². The van der Waals surface area contributed by atoms with E-state index in [0.29, 0.717) is 25.3 Å². The molecular formula is C14H17NO3. The smallest absolute Gasteiger partial charge is 0.339 e. The molecule has 1 aromatic carbocycles. The summed E-state index contributed by atoms with van der Waals surface area (Å²) in [5.41, 5.74) is 6.76. The molecule has 0 unspecified atom stereocenters. The minimum absolute atomic E-state index is 0.0178. The van der Waals surface area contributed by atoms with E-state index in [1.54, 1.807) is 18.2 Å². The fourth-order valence-electron chi connectivity index (χ4n) is 1.35. The Labute approximate surface area is 107 Å². The van der Waals surface area contributed by atoms with Crippen molar-refractivity contribution in [1.82, 2.24) is 0 Å². The minimum atomic E-state index is -0.420. The van der Waals surface area contributed by atoms with Crippen LogP contribution in [0.25, 0.3) is 0 Å². The second-order valence-corrected chi connectivity index (χ2v) is 3.68. The van der Waals surface area contributed by atoms with Gasteiger partial charge in [0.25, 0.3) is 0 Å². The summed E-state index contributed by atoms with van der Waals surface area (Å²) in [6, 6.07) is 7.10. The summed E-state index contributed by atoms with van der Waals surface area (Å²) in [5, 5.41) is 0. The highest BCUT2D eigenvalue weighted by molar-refractivity contribution is 5.89. The maximum absolute atomic E-state index is 11.6. The van der Waals surface area contributed by atoms with Gasteiger partial charge in [0.05, 0.1) is 12.2 Å². The Hall–Kier alpha value is -1.83. The second kappa shape index (κ2) is 8.29. The Morgan fingerprint density at radius 3 is 3.00 bits per heavy atom. The van der Waals surface area contributed by atoms with Crippen molar-refractivity contribution in [3.05, 3.63) is 35.4 Å². The molecule has 0 aliphatic rings. The van der Waals surface area contributed by atoms with Gasteiger partial charge in [-0.2, -0.15) is 0 Å². The molecule has 2 N–H and O–H groups in total. The van der Waals surface area contributed by atoms with Crippen LogP contribution in [0.1, 0.15) is 22.3 Å². The molecule has 1 rings (SSSR count). The molecular weight excluding hydrogens is 230 g/mol. The number of carbonyl (C=O) groups excluding carboxylic acids is 1. The van der Waals surface area contributed by atoms with Gasteiger partial charge in [-0.1, -0.05) is 18.1 Å². The first kappa shape index (κ1) is 14.2. The lowest BCUT2D eigenvalue weighted by Gasteiger charge is -2.06. The summed E-state index contributed by atoms with van der Waals surface area (Å²) in [6.07, 6.45) is 5.84. The average Bonchev–Trinajstić information content (AvgIpc) is 2.41. The van der Waals surface area contributed by atoms with Crippen LogP contribution in [0.15, 0.2) is 24.3 Å². The number of terminal acetylenes is 1. The van der Waals surface area contributed by atoms with Crippen molar-refractivity contribution in [2.45, 2.75) is 13.0 Å². The largest absolute Gasteiger partial charge is 0.449 e. The highest BCUT2D eigenvalue weighted by Gasteiger charge is 2.06. The fraction of sp³-hybridized carbons (Fsp3) is 0.357. The summed E-state index contributed by atoms with van der Waals surface area (Å²) in [7, 11) is 0. The van der Waals surface area contributed by atoms with Crippen LogP contribution in [0, 0.1) is 12.3 Å². The van der Waals surface area contributed by atoms with Crippen molar-refractivity contribution in [1.29, 1.82) is 0 Å². The van der Waals surface area contributed by atoms with E-state index < -0.39 is 5.97 Å². The van der Waals surface area contributed by atoms with Gasteiger partial charge in [-0.05, 0) is 30.7 Å². The molecule has 4 heteroatoms. The lowest BCUT2D eigenvalue weighted by atomic mass is 10.1. The highest BCUT2D eigenvalue weighted by Crippen LogP contribution is 2.08. The molecule has 0 saturated heterocycles. The number of hydrogen-bond donors (Lipinski definition) is 1. The van der Waals surface area contributed by atoms with Gasteiger partial charge >= 0.3 is 5.97 Å². The molecule has 0 aliphatic heterocycles. The first-order valence-electron chi connectivity index (χ1n) is 5.75. The quantitative estimate of drug-likeness (QED) is 0.449. The lowest BCUT2D eigenvalue weighted by Crippen LogP contribution is -2.07. The fourth-order valence-corrected chi connectivity index (χ4v) is 1.35. The Bertz CT molecular complexity index is 423. The Balaban J connectivity index is 2.51. The molecule has 0 spiro atoms. The van der Waals surface area contributed by atoms with Crippen LogP contribution in [0.5, 0.6) is 0 Å². The average molecular weight is 247 g/mol. The molecule has 0 aliphatic carbocycles. The van der Waals surface area contributed by atoms with Crippen LogP contribution in [0.2, 0.25) is 0 Å². The molecule has 0 radical (unpaired) electrons. The molecule has 0 heterocycles. The van der Waals surface area contributed by atoms with E-state index in [1.165, 1.54) is 0 Å². The summed E-state index contributed by atoms with van der Waals surface area (Å²) in [5.74, 6) is 1.83. The van der Waals surface area contributed by atoms with E-state index in [2.05, 4.69) is 5.92 Å². The van der Waals surface area contributed by atoms with E-state index in [-0.39, 0.29) is 6.61 Å². The number of carbonyl (C=O) groups is 1. The Morgan fingerprint density at radius 1 is 1.44 bits per heavy atom. The van der Waals surface area contributed by atoms with Gasteiger partial charge in [0.15, 0.2) is 6.61 Å². The second-order valence-electron chi connectivity index (χ2n) is 3.68. The maximum atomic E-state index is 11.6. The zero-order chi connectivity index (χ0) is 13.2. The van der Waals surface area contributed by atoms with Gasteiger partial charge in [-0.25, -0.2) is 4.79 Å². The van der Waals surface area contributed by atoms with Crippen LogP contribution in [0.4, 0.5) is 0 Å². The molecule has 0 bridgehead atoms.